The molecule has 0 saturated carbocycles. The number of nitro groups is 1. The molecule has 2 aromatic carbocycles. The van der Waals surface area contributed by atoms with E-state index in [2.05, 4.69) is 10.2 Å². The topological polar surface area (TPSA) is 103 Å². The number of thioether (sulfide) groups is 1. The van der Waals surface area contributed by atoms with Crippen LogP contribution in [0.4, 0.5) is 17.1 Å². The first kappa shape index (κ1) is 23.7. The zero-order chi connectivity index (χ0) is 23.1. The van der Waals surface area contributed by atoms with Gasteiger partial charge in [-0.05, 0) is 32.2 Å². The fraction of sp³-hybridized carbons (Fsp3) is 0.409. The molecule has 0 unspecified atom stereocenters. The fourth-order valence-corrected chi connectivity index (χ4v) is 3.96. The van der Waals surface area contributed by atoms with Gasteiger partial charge < -0.3 is 24.4 Å². The molecule has 0 bridgehead atoms. The number of amides is 1. The maximum atomic E-state index is 12.9. The Morgan fingerprint density at radius 2 is 1.84 bits per heavy atom. The summed E-state index contributed by atoms with van der Waals surface area (Å²) in [4.78, 5) is 26.5. The zero-order valence-corrected chi connectivity index (χ0v) is 19.2. The van der Waals surface area contributed by atoms with Crippen LogP contribution in [0.3, 0.4) is 0 Å². The molecule has 1 heterocycles. The number of nitrogens with zero attached hydrogens (tertiary/aromatic N) is 2. The van der Waals surface area contributed by atoms with Gasteiger partial charge in [0.1, 0.15) is 11.5 Å². The van der Waals surface area contributed by atoms with Crippen molar-refractivity contribution in [2.45, 2.75) is 18.7 Å². The van der Waals surface area contributed by atoms with Gasteiger partial charge in [-0.25, -0.2) is 0 Å². The number of hydrogen-bond donors (Lipinski definition) is 1. The molecule has 10 heteroatoms. The van der Waals surface area contributed by atoms with Crippen LogP contribution in [0.1, 0.15) is 24.2 Å². The first-order chi connectivity index (χ1) is 15.5. The van der Waals surface area contributed by atoms with Crippen molar-refractivity contribution in [2.24, 2.45) is 0 Å². The Balaban J connectivity index is 1.95. The number of carbonyl (C=O) groups excluding carboxylic acids is 1. The van der Waals surface area contributed by atoms with E-state index in [0.717, 1.165) is 18.8 Å². The molecule has 0 spiro atoms. The minimum atomic E-state index is -0.488. The summed E-state index contributed by atoms with van der Waals surface area (Å²) in [5.74, 6) is 0.654. The van der Waals surface area contributed by atoms with Gasteiger partial charge in [-0.2, -0.15) is 0 Å². The van der Waals surface area contributed by atoms with Crippen LogP contribution in [-0.4, -0.2) is 56.6 Å². The van der Waals surface area contributed by atoms with Crippen LogP contribution in [0, 0.1) is 10.1 Å². The summed E-state index contributed by atoms with van der Waals surface area (Å²) in [6, 6.07) is 8.03. The quantitative estimate of drug-likeness (QED) is 0.337. The van der Waals surface area contributed by atoms with Gasteiger partial charge in [0.05, 0.1) is 47.6 Å². The van der Waals surface area contributed by atoms with Crippen LogP contribution < -0.4 is 19.7 Å². The summed E-state index contributed by atoms with van der Waals surface area (Å²) in [5, 5.41) is 14.2. The number of nitro benzene ring substituents is 1. The minimum Gasteiger partial charge on any atom is -0.492 e. The highest BCUT2D eigenvalue weighted by atomic mass is 32.2. The highest BCUT2D eigenvalue weighted by Gasteiger charge is 2.22. The molecule has 1 aliphatic heterocycles. The number of carbonyl (C=O) groups is 1. The molecule has 1 N–H and O–H groups in total. The van der Waals surface area contributed by atoms with Crippen LogP contribution >= 0.6 is 11.8 Å². The third-order valence-corrected chi connectivity index (χ3v) is 5.68. The summed E-state index contributed by atoms with van der Waals surface area (Å²) in [6.45, 7) is 7.32. The Labute approximate surface area is 191 Å². The van der Waals surface area contributed by atoms with E-state index in [1.165, 1.54) is 17.8 Å². The van der Waals surface area contributed by atoms with E-state index in [4.69, 9.17) is 14.2 Å². The molecule has 1 amide bonds. The zero-order valence-electron chi connectivity index (χ0n) is 18.4. The van der Waals surface area contributed by atoms with Crippen LogP contribution in [0.25, 0.3) is 0 Å². The van der Waals surface area contributed by atoms with Crippen molar-refractivity contribution in [1.82, 2.24) is 0 Å². The average molecular weight is 462 g/mol. The predicted molar refractivity (Wildman–Crippen MR) is 125 cm³/mol. The van der Waals surface area contributed by atoms with Gasteiger partial charge in [-0.1, -0.05) is 0 Å². The van der Waals surface area contributed by atoms with Crippen molar-refractivity contribution in [3.63, 3.8) is 0 Å². The molecule has 172 valence electrons. The summed E-state index contributed by atoms with van der Waals surface area (Å²) in [7, 11) is 0. The highest BCUT2D eigenvalue weighted by Crippen LogP contribution is 2.39. The summed E-state index contributed by atoms with van der Waals surface area (Å²) in [5.41, 5.74) is 1.39. The molecule has 1 fully saturated rings. The largest absolute Gasteiger partial charge is 0.492 e. The lowest BCUT2D eigenvalue weighted by Crippen LogP contribution is -2.36. The van der Waals surface area contributed by atoms with Crippen molar-refractivity contribution in [2.75, 3.05) is 56.0 Å². The van der Waals surface area contributed by atoms with Gasteiger partial charge in [0.2, 0.25) is 0 Å². The molecule has 0 aliphatic carbocycles. The van der Waals surface area contributed by atoms with Crippen molar-refractivity contribution in [3.8, 4) is 11.5 Å². The smallest absolute Gasteiger partial charge is 0.283 e. The first-order valence-electron chi connectivity index (χ1n) is 10.4. The van der Waals surface area contributed by atoms with Gasteiger partial charge in [-0.3, -0.25) is 14.9 Å². The third kappa shape index (κ3) is 5.43. The molecule has 9 nitrogen and oxygen atoms in total. The Morgan fingerprint density at radius 3 is 2.47 bits per heavy atom. The number of benzene rings is 2. The third-order valence-electron chi connectivity index (χ3n) is 4.90. The number of anilines is 2. The van der Waals surface area contributed by atoms with Crippen molar-refractivity contribution in [1.29, 1.82) is 0 Å². The number of rotatable bonds is 9. The molecule has 1 saturated heterocycles. The Bertz CT molecular complexity index is 978. The van der Waals surface area contributed by atoms with Crippen LogP contribution in [-0.2, 0) is 4.74 Å². The van der Waals surface area contributed by atoms with Gasteiger partial charge in [-0.15, -0.1) is 11.8 Å². The number of morpholine rings is 1. The second kappa shape index (κ2) is 11.1. The van der Waals surface area contributed by atoms with Crippen molar-refractivity contribution < 1.29 is 23.9 Å². The van der Waals surface area contributed by atoms with E-state index < -0.39 is 10.8 Å². The normalized spacial score (nSPS) is 13.5. The second-order valence-corrected chi connectivity index (χ2v) is 7.73. The van der Waals surface area contributed by atoms with Gasteiger partial charge in [0.15, 0.2) is 0 Å². The van der Waals surface area contributed by atoms with E-state index >= 15 is 0 Å². The predicted octanol–water partition coefficient (Wildman–Crippen LogP) is 4.20. The van der Waals surface area contributed by atoms with Crippen LogP contribution in [0.2, 0.25) is 0 Å². The Kier molecular flexibility index (Phi) is 8.18. The summed E-state index contributed by atoms with van der Waals surface area (Å²) >= 11 is 1.26. The Morgan fingerprint density at radius 1 is 1.16 bits per heavy atom. The average Bonchev–Trinajstić information content (AvgIpc) is 2.80. The number of hydrogen-bond acceptors (Lipinski definition) is 8. The van der Waals surface area contributed by atoms with E-state index in [1.807, 2.05) is 19.9 Å². The van der Waals surface area contributed by atoms with Gasteiger partial charge >= 0.3 is 0 Å². The van der Waals surface area contributed by atoms with E-state index in [1.54, 1.807) is 24.5 Å². The monoisotopic (exact) mass is 461 g/mol. The minimum absolute atomic E-state index is 0.104. The molecule has 0 atom stereocenters. The summed E-state index contributed by atoms with van der Waals surface area (Å²) in [6.07, 6.45) is 1.75. The second-order valence-electron chi connectivity index (χ2n) is 6.88. The van der Waals surface area contributed by atoms with Crippen molar-refractivity contribution in [3.05, 3.63) is 46.0 Å². The van der Waals surface area contributed by atoms with Crippen LogP contribution in [0.15, 0.2) is 35.2 Å². The number of ether oxygens (including phenoxy) is 3. The van der Waals surface area contributed by atoms with Gasteiger partial charge in [0, 0.05) is 36.9 Å². The molecule has 0 radical (unpaired) electrons. The maximum Gasteiger partial charge on any atom is 0.283 e. The van der Waals surface area contributed by atoms with E-state index in [-0.39, 0.29) is 11.3 Å². The maximum absolute atomic E-state index is 12.9. The number of nitrogens with one attached hydrogen (secondary N) is 1. The first-order valence-corrected chi connectivity index (χ1v) is 11.6. The van der Waals surface area contributed by atoms with Gasteiger partial charge in [0.25, 0.3) is 11.6 Å². The van der Waals surface area contributed by atoms with Crippen molar-refractivity contribution >= 4 is 34.7 Å². The fourth-order valence-electron chi connectivity index (χ4n) is 3.41. The Hall–Kier alpha value is -2.98. The van der Waals surface area contributed by atoms with E-state index in [0.29, 0.717) is 48.5 Å². The molecule has 1 aliphatic rings. The highest BCUT2D eigenvalue weighted by molar-refractivity contribution is 7.98. The summed E-state index contributed by atoms with van der Waals surface area (Å²) < 4.78 is 17.1. The lowest BCUT2D eigenvalue weighted by atomic mass is 10.1. The molecular weight excluding hydrogens is 434 g/mol. The van der Waals surface area contributed by atoms with Crippen LogP contribution in [0.5, 0.6) is 11.5 Å². The molecule has 3 rings (SSSR count). The molecule has 32 heavy (non-hydrogen) atoms. The molecule has 2 aromatic rings. The SMILES string of the molecule is CCOc1cc(N2CCOCC2)c(OCC)cc1NC(=O)c1ccc(SC)c([N+](=O)[O-])c1. The molecule has 0 aromatic heterocycles. The van der Waals surface area contributed by atoms with E-state index in [9.17, 15) is 14.9 Å². The lowest BCUT2D eigenvalue weighted by Gasteiger charge is -2.31. The lowest BCUT2D eigenvalue weighted by molar-refractivity contribution is -0.387. The molecular formula is C22H27N3O6S. The standard InChI is InChI=1S/C22H27N3O6S/c1-4-30-19-14-17(24-8-10-29-11-9-24)20(31-5-2)13-16(19)23-22(26)15-6-7-21(32-3)18(12-15)25(27)28/h6-7,12-14H,4-5,8-11H2,1-3H3,(H,23,26).